The third-order valence-corrected chi connectivity index (χ3v) is 3.10. The van der Waals surface area contributed by atoms with Gasteiger partial charge in [-0.2, -0.15) is 0 Å². The third kappa shape index (κ3) is 3.39. The number of amides is 1. The molecule has 1 amide bonds. The highest BCUT2D eigenvalue weighted by molar-refractivity contribution is 9.10. The second-order valence-electron chi connectivity index (χ2n) is 3.31. The number of rotatable bonds is 4. The Morgan fingerprint density at radius 3 is 2.81 bits per heavy atom. The van der Waals surface area contributed by atoms with Crippen molar-refractivity contribution >= 4 is 33.4 Å². The largest absolute Gasteiger partial charge is 0.497 e. The van der Waals surface area contributed by atoms with E-state index in [4.69, 9.17) is 16.3 Å². The Morgan fingerprint density at radius 2 is 2.31 bits per heavy atom. The number of alkyl halides is 1. The molecule has 0 aliphatic rings. The number of hydrogen-bond acceptors (Lipinski definition) is 2. The molecule has 0 fully saturated rings. The van der Waals surface area contributed by atoms with E-state index in [1.165, 1.54) is 0 Å². The Kier molecular flexibility index (Phi) is 5.09. The van der Waals surface area contributed by atoms with E-state index in [1.807, 2.05) is 25.1 Å². The lowest BCUT2D eigenvalue weighted by Crippen LogP contribution is -2.27. The first-order valence-electron chi connectivity index (χ1n) is 4.77. The maximum Gasteiger partial charge on any atom is 0.235 e. The number of ether oxygens (including phenoxy) is 1. The van der Waals surface area contributed by atoms with Crippen LogP contribution in [0.15, 0.2) is 22.7 Å². The summed E-state index contributed by atoms with van der Waals surface area (Å²) in [4.78, 5) is 11.1. The van der Waals surface area contributed by atoms with Gasteiger partial charge in [-0.1, -0.05) is 22.0 Å². The van der Waals surface area contributed by atoms with E-state index in [2.05, 4.69) is 21.2 Å². The van der Waals surface area contributed by atoms with E-state index in [0.29, 0.717) is 0 Å². The van der Waals surface area contributed by atoms with Gasteiger partial charge in [0.2, 0.25) is 5.91 Å². The Labute approximate surface area is 108 Å². The smallest absolute Gasteiger partial charge is 0.235 e. The van der Waals surface area contributed by atoms with E-state index < -0.39 is 0 Å². The number of halogens is 2. The highest BCUT2D eigenvalue weighted by atomic mass is 79.9. The number of carbonyl (C=O) groups excluding carboxylic acids is 1. The molecule has 0 saturated carbocycles. The van der Waals surface area contributed by atoms with Crippen molar-refractivity contribution in [3.8, 4) is 5.75 Å². The maximum absolute atomic E-state index is 11.1. The second-order valence-corrected chi connectivity index (χ2v) is 4.43. The molecule has 88 valence electrons. The van der Waals surface area contributed by atoms with Crippen LogP contribution in [-0.4, -0.2) is 18.9 Å². The first kappa shape index (κ1) is 13.3. The molecule has 0 unspecified atom stereocenters. The van der Waals surface area contributed by atoms with Crippen LogP contribution in [-0.2, 0) is 4.79 Å². The Balaban J connectivity index is 2.83. The van der Waals surface area contributed by atoms with Gasteiger partial charge in [-0.25, -0.2) is 0 Å². The molecule has 16 heavy (non-hydrogen) atoms. The standard InChI is InChI=1S/C11H13BrClNO2/c1-7(14-11(15)6-13)9-4-3-8(16-2)5-10(9)12/h3-5,7H,6H2,1-2H3,(H,14,15)/t7-/m0/s1. The topological polar surface area (TPSA) is 38.3 Å². The van der Waals surface area contributed by atoms with Crippen LogP contribution < -0.4 is 10.1 Å². The zero-order valence-electron chi connectivity index (χ0n) is 9.09. The monoisotopic (exact) mass is 305 g/mol. The van der Waals surface area contributed by atoms with Crippen LogP contribution in [0.3, 0.4) is 0 Å². The van der Waals surface area contributed by atoms with E-state index in [1.54, 1.807) is 7.11 Å². The summed E-state index contributed by atoms with van der Waals surface area (Å²) in [6, 6.07) is 5.52. The summed E-state index contributed by atoms with van der Waals surface area (Å²) in [5.41, 5.74) is 0.985. The summed E-state index contributed by atoms with van der Waals surface area (Å²) in [5.74, 6) is 0.557. The Morgan fingerprint density at radius 1 is 1.62 bits per heavy atom. The molecule has 3 nitrogen and oxygen atoms in total. The molecule has 0 aliphatic heterocycles. The van der Waals surface area contributed by atoms with Crippen molar-refractivity contribution in [3.05, 3.63) is 28.2 Å². The molecule has 1 rings (SSSR count). The van der Waals surface area contributed by atoms with Gasteiger partial charge >= 0.3 is 0 Å². The van der Waals surface area contributed by atoms with Crippen molar-refractivity contribution in [1.82, 2.24) is 5.32 Å². The molecule has 0 heterocycles. The number of methoxy groups -OCH3 is 1. The quantitative estimate of drug-likeness (QED) is 0.869. The van der Waals surface area contributed by atoms with Crippen molar-refractivity contribution in [1.29, 1.82) is 0 Å². The van der Waals surface area contributed by atoms with E-state index in [-0.39, 0.29) is 17.8 Å². The summed E-state index contributed by atoms with van der Waals surface area (Å²) in [6.45, 7) is 1.90. The maximum atomic E-state index is 11.1. The van der Waals surface area contributed by atoms with Crippen LogP contribution in [0.5, 0.6) is 5.75 Å². The summed E-state index contributed by atoms with van der Waals surface area (Å²) in [7, 11) is 1.61. The van der Waals surface area contributed by atoms with Gasteiger partial charge in [0.1, 0.15) is 11.6 Å². The molecule has 0 bridgehead atoms. The molecule has 0 radical (unpaired) electrons. The second kappa shape index (κ2) is 6.11. The van der Waals surface area contributed by atoms with Crippen molar-refractivity contribution in [2.45, 2.75) is 13.0 Å². The highest BCUT2D eigenvalue weighted by Gasteiger charge is 2.12. The fourth-order valence-corrected chi connectivity index (χ4v) is 2.12. The van der Waals surface area contributed by atoms with Gasteiger partial charge in [-0.3, -0.25) is 4.79 Å². The van der Waals surface area contributed by atoms with Gasteiger partial charge in [0.25, 0.3) is 0 Å². The summed E-state index contributed by atoms with van der Waals surface area (Å²) < 4.78 is 5.99. The van der Waals surface area contributed by atoms with E-state index >= 15 is 0 Å². The van der Waals surface area contributed by atoms with Crippen LogP contribution in [0.1, 0.15) is 18.5 Å². The summed E-state index contributed by atoms with van der Waals surface area (Å²) >= 11 is 8.86. The van der Waals surface area contributed by atoms with Crippen molar-refractivity contribution < 1.29 is 9.53 Å². The molecular formula is C11H13BrClNO2. The van der Waals surface area contributed by atoms with Crippen LogP contribution in [0, 0.1) is 0 Å². The lowest BCUT2D eigenvalue weighted by Gasteiger charge is -2.15. The average Bonchev–Trinajstić information content (AvgIpc) is 2.28. The number of carbonyl (C=O) groups is 1. The first-order valence-corrected chi connectivity index (χ1v) is 6.10. The molecule has 5 heteroatoms. The average molecular weight is 307 g/mol. The Bertz CT molecular complexity index is 384. The normalized spacial score (nSPS) is 12.0. The molecule has 0 aliphatic carbocycles. The summed E-state index contributed by atoms with van der Waals surface area (Å²) in [5, 5.41) is 2.78. The molecule has 1 aromatic carbocycles. The first-order chi connectivity index (χ1) is 7.58. The SMILES string of the molecule is COc1ccc([C@H](C)NC(=O)CCl)c(Br)c1. The van der Waals surface area contributed by atoms with Crippen LogP contribution in [0.2, 0.25) is 0 Å². The summed E-state index contributed by atoms with van der Waals surface area (Å²) in [6.07, 6.45) is 0. The van der Waals surface area contributed by atoms with Crippen LogP contribution in [0.25, 0.3) is 0 Å². The van der Waals surface area contributed by atoms with Crippen molar-refractivity contribution in [3.63, 3.8) is 0 Å². The van der Waals surface area contributed by atoms with E-state index in [0.717, 1.165) is 15.8 Å². The van der Waals surface area contributed by atoms with Gasteiger partial charge in [0, 0.05) is 4.47 Å². The van der Waals surface area contributed by atoms with Gasteiger partial charge in [0.15, 0.2) is 0 Å². The highest BCUT2D eigenvalue weighted by Crippen LogP contribution is 2.27. The molecule has 0 saturated heterocycles. The lowest BCUT2D eigenvalue weighted by atomic mass is 10.1. The Hall–Kier alpha value is -0.740. The third-order valence-electron chi connectivity index (χ3n) is 2.17. The van der Waals surface area contributed by atoms with Crippen LogP contribution >= 0.6 is 27.5 Å². The minimum Gasteiger partial charge on any atom is -0.497 e. The zero-order chi connectivity index (χ0) is 12.1. The number of nitrogens with one attached hydrogen (secondary N) is 1. The van der Waals surface area contributed by atoms with Crippen molar-refractivity contribution in [2.24, 2.45) is 0 Å². The fraction of sp³-hybridized carbons (Fsp3) is 0.364. The fourth-order valence-electron chi connectivity index (χ4n) is 1.34. The molecule has 1 N–H and O–H groups in total. The molecule has 1 atom stereocenters. The number of hydrogen-bond donors (Lipinski definition) is 1. The van der Waals surface area contributed by atoms with Crippen molar-refractivity contribution in [2.75, 3.05) is 13.0 Å². The van der Waals surface area contributed by atoms with Gasteiger partial charge in [-0.05, 0) is 24.6 Å². The molecule has 0 aromatic heterocycles. The predicted molar refractivity (Wildman–Crippen MR) is 68.0 cm³/mol. The zero-order valence-corrected chi connectivity index (χ0v) is 11.4. The molecule has 0 spiro atoms. The van der Waals surface area contributed by atoms with Crippen LogP contribution in [0.4, 0.5) is 0 Å². The van der Waals surface area contributed by atoms with Gasteiger partial charge in [0.05, 0.1) is 13.2 Å². The molecular weight excluding hydrogens is 293 g/mol. The lowest BCUT2D eigenvalue weighted by molar-refractivity contribution is -0.119. The van der Waals surface area contributed by atoms with Gasteiger partial charge in [-0.15, -0.1) is 11.6 Å². The van der Waals surface area contributed by atoms with Gasteiger partial charge < -0.3 is 10.1 Å². The predicted octanol–water partition coefficient (Wildman–Crippen LogP) is 2.87. The number of benzene rings is 1. The minimum absolute atomic E-state index is 0.0296. The minimum atomic E-state index is -0.183. The van der Waals surface area contributed by atoms with E-state index in [9.17, 15) is 4.79 Å². The molecule has 1 aromatic rings.